The van der Waals surface area contributed by atoms with E-state index in [2.05, 4.69) is 26.1 Å². The van der Waals surface area contributed by atoms with E-state index in [4.69, 9.17) is 16.3 Å². The zero-order valence-corrected chi connectivity index (χ0v) is 12.0. The lowest BCUT2D eigenvalue weighted by atomic mass is 9.88. The van der Waals surface area contributed by atoms with Gasteiger partial charge in [0.25, 0.3) is 0 Å². The maximum atomic E-state index is 11.8. The molecule has 0 heterocycles. The fourth-order valence-electron chi connectivity index (χ4n) is 1.70. The predicted molar refractivity (Wildman–Crippen MR) is 75.0 cm³/mol. The van der Waals surface area contributed by atoms with Gasteiger partial charge >= 0.3 is 5.97 Å². The zero-order chi connectivity index (χ0) is 13.8. The highest BCUT2D eigenvalue weighted by atomic mass is 35.5. The van der Waals surface area contributed by atoms with Gasteiger partial charge in [0.1, 0.15) is 6.04 Å². The van der Waals surface area contributed by atoms with Crippen molar-refractivity contribution >= 4 is 23.3 Å². The molecular weight excluding hydrogens is 250 g/mol. The molecule has 0 radical (unpaired) electrons. The Bertz CT molecular complexity index is 395. The highest BCUT2D eigenvalue weighted by molar-refractivity contribution is 6.30. The van der Waals surface area contributed by atoms with E-state index in [1.54, 1.807) is 12.1 Å². The molecule has 1 atom stereocenters. The zero-order valence-electron chi connectivity index (χ0n) is 11.3. The highest BCUT2D eigenvalue weighted by Crippen LogP contribution is 2.24. The SMILES string of the molecule is COC(=O)C(CC(C)(C)C)Nc1ccc(Cl)cc1. The van der Waals surface area contributed by atoms with Crippen LogP contribution in [-0.2, 0) is 9.53 Å². The molecule has 1 rings (SSSR count). The van der Waals surface area contributed by atoms with Crippen molar-refractivity contribution < 1.29 is 9.53 Å². The Morgan fingerprint density at radius 3 is 2.33 bits per heavy atom. The largest absolute Gasteiger partial charge is 0.467 e. The van der Waals surface area contributed by atoms with Crippen LogP contribution in [0.2, 0.25) is 5.02 Å². The van der Waals surface area contributed by atoms with Gasteiger partial charge in [-0.3, -0.25) is 0 Å². The van der Waals surface area contributed by atoms with Crippen molar-refractivity contribution in [3.8, 4) is 0 Å². The molecule has 0 aliphatic heterocycles. The topological polar surface area (TPSA) is 38.3 Å². The molecule has 0 aromatic heterocycles. The van der Waals surface area contributed by atoms with Crippen LogP contribution < -0.4 is 5.32 Å². The molecular formula is C14H20ClNO2. The fraction of sp³-hybridized carbons (Fsp3) is 0.500. The summed E-state index contributed by atoms with van der Waals surface area (Å²) >= 11 is 5.83. The molecule has 3 nitrogen and oxygen atoms in total. The number of carbonyl (C=O) groups is 1. The number of esters is 1. The van der Waals surface area contributed by atoms with E-state index >= 15 is 0 Å². The van der Waals surface area contributed by atoms with Gasteiger partial charge in [-0.05, 0) is 36.1 Å². The van der Waals surface area contributed by atoms with Gasteiger partial charge in [0.2, 0.25) is 0 Å². The standard InChI is InChI=1S/C14H20ClNO2/c1-14(2,3)9-12(13(17)18-4)16-11-7-5-10(15)6-8-11/h5-8,12,16H,9H2,1-4H3. The maximum Gasteiger partial charge on any atom is 0.328 e. The third kappa shape index (κ3) is 4.96. The monoisotopic (exact) mass is 269 g/mol. The second-order valence-corrected chi connectivity index (χ2v) is 5.93. The Morgan fingerprint density at radius 1 is 1.33 bits per heavy atom. The smallest absolute Gasteiger partial charge is 0.328 e. The molecule has 0 bridgehead atoms. The number of carbonyl (C=O) groups excluding carboxylic acids is 1. The average molecular weight is 270 g/mol. The van der Waals surface area contributed by atoms with E-state index in [-0.39, 0.29) is 17.4 Å². The van der Waals surface area contributed by atoms with Crippen LogP contribution in [0.4, 0.5) is 5.69 Å². The summed E-state index contributed by atoms with van der Waals surface area (Å²) in [4.78, 5) is 11.8. The Hall–Kier alpha value is -1.22. The highest BCUT2D eigenvalue weighted by Gasteiger charge is 2.25. The summed E-state index contributed by atoms with van der Waals surface area (Å²) in [6.07, 6.45) is 0.697. The molecule has 1 aromatic rings. The van der Waals surface area contributed by atoms with Gasteiger partial charge in [0, 0.05) is 10.7 Å². The summed E-state index contributed by atoms with van der Waals surface area (Å²) in [7, 11) is 1.40. The van der Waals surface area contributed by atoms with Gasteiger partial charge in [-0.2, -0.15) is 0 Å². The first-order chi connectivity index (χ1) is 8.31. The first-order valence-corrected chi connectivity index (χ1v) is 6.29. The molecule has 0 aliphatic carbocycles. The summed E-state index contributed by atoms with van der Waals surface area (Å²) in [5.74, 6) is -0.250. The maximum absolute atomic E-state index is 11.8. The Morgan fingerprint density at radius 2 is 1.89 bits per heavy atom. The van der Waals surface area contributed by atoms with Crippen LogP contribution in [0.25, 0.3) is 0 Å². The van der Waals surface area contributed by atoms with E-state index in [1.165, 1.54) is 7.11 Å². The number of halogens is 1. The molecule has 0 saturated heterocycles. The Kier molecular flexibility index (Phi) is 5.03. The minimum atomic E-state index is -0.351. The number of hydrogen-bond donors (Lipinski definition) is 1. The molecule has 1 N–H and O–H groups in total. The van der Waals surface area contributed by atoms with Crippen molar-refractivity contribution in [1.82, 2.24) is 0 Å². The van der Waals surface area contributed by atoms with Crippen LogP contribution in [0.5, 0.6) is 0 Å². The van der Waals surface area contributed by atoms with Gasteiger partial charge in [0.15, 0.2) is 0 Å². The minimum absolute atomic E-state index is 0.0400. The molecule has 100 valence electrons. The van der Waals surface area contributed by atoms with Crippen LogP contribution in [0.3, 0.4) is 0 Å². The van der Waals surface area contributed by atoms with Crippen LogP contribution in [-0.4, -0.2) is 19.1 Å². The Balaban J connectivity index is 2.78. The molecule has 0 spiro atoms. The first kappa shape index (κ1) is 14.8. The van der Waals surface area contributed by atoms with Gasteiger partial charge in [0.05, 0.1) is 7.11 Å². The number of anilines is 1. The van der Waals surface area contributed by atoms with E-state index in [9.17, 15) is 4.79 Å². The summed E-state index contributed by atoms with van der Waals surface area (Å²) in [6.45, 7) is 6.27. The van der Waals surface area contributed by atoms with Crippen molar-refractivity contribution in [2.24, 2.45) is 5.41 Å². The minimum Gasteiger partial charge on any atom is -0.467 e. The average Bonchev–Trinajstić information content (AvgIpc) is 2.28. The van der Waals surface area contributed by atoms with Gasteiger partial charge in [-0.1, -0.05) is 32.4 Å². The summed E-state index contributed by atoms with van der Waals surface area (Å²) in [5, 5.41) is 3.85. The van der Waals surface area contributed by atoms with Crippen molar-refractivity contribution in [2.45, 2.75) is 33.2 Å². The lowest BCUT2D eigenvalue weighted by Crippen LogP contribution is -2.34. The van der Waals surface area contributed by atoms with Crippen molar-refractivity contribution in [2.75, 3.05) is 12.4 Å². The molecule has 0 fully saturated rings. The van der Waals surface area contributed by atoms with Gasteiger partial charge in [-0.25, -0.2) is 4.79 Å². The van der Waals surface area contributed by atoms with E-state index in [1.807, 2.05) is 12.1 Å². The third-order valence-electron chi connectivity index (χ3n) is 2.49. The lowest BCUT2D eigenvalue weighted by molar-refractivity contribution is -0.142. The Labute approximate surface area is 113 Å². The van der Waals surface area contributed by atoms with E-state index in [0.717, 1.165) is 5.69 Å². The lowest BCUT2D eigenvalue weighted by Gasteiger charge is -2.25. The summed E-state index contributed by atoms with van der Waals surface area (Å²) in [5.41, 5.74) is 0.900. The number of nitrogens with one attached hydrogen (secondary N) is 1. The van der Waals surface area contributed by atoms with Crippen molar-refractivity contribution in [3.63, 3.8) is 0 Å². The van der Waals surface area contributed by atoms with Crippen molar-refractivity contribution in [3.05, 3.63) is 29.3 Å². The number of rotatable bonds is 4. The van der Waals surface area contributed by atoms with Crippen LogP contribution in [0.15, 0.2) is 24.3 Å². The van der Waals surface area contributed by atoms with Crippen molar-refractivity contribution in [1.29, 1.82) is 0 Å². The van der Waals surface area contributed by atoms with Crippen LogP contribution >= 0.6 is 11.6 Å². The number of methoxy groups -OCH3 is 1. The molecule has 18 heavy (non-hydrogen) atoms. The molecule has 0 aliphatic rings. The molecule has 0 saturated carbocycles. The normalized spacial score (nSPS) is 12.9. The molecule has 0 amide bonds. The van der Waals surface area contributed by atoms with E-state index < -0.39 is 0 Å². The third-order valence-corrected chi connectivity index (χ3v) is 2.74. The summed E-state index contributed by atoms with van der Waals surface area (Å²) in [6, 6.07) is 6.92. The molecule has 4 heteroatoms. The number of ether oxygens (including phenoxy) is 1. The predicted octanol–water partition coefficient (Wildman–Crippen LogP) is 3.73. The van der Waals surface area contributed by atoms with E-state index in [0.29, 0.717) is 11.4 Å². The van der Waals surface area contributed by atoms with Gasteiger partial charge < -0.3 is 10.1 Å². The second kappa shape index (κ2) is 6.10. The quantitative estimate of drug-likeness (QED) is 0.847. The number of benzene rings is 1. The van der Waals surface area contributed by atoms with Crippen LogP contribution in [0, 0.1) is 5.41 Å². The number of hydrogen-bond acceptors (Lipinski definition) is 3. The fourth-order valence-corrected chi connectivity index (χ4v) is 1.82. The molecule has 1 unspecified atom stereocenters. The van der Waals surface area contributed by atoms with Gasteiger partial charge in [-0.15, -0.1) is 0 Å². The molecule has 1 aromatic carbocycles. The van der Waals surface area contributed by atoms with Crippen LogP contribution in [0.1, 0.15) is 27.2 Å². The first-order valence-electron chi connectivity index (χ1n) is 5.92. The second-order valence-electron chi connectivity index (χ2n) is 5.49. The summed E-state index contributed by atoms with van der Waals surface area (Å²) < 4.78 is 4.83.